The van der Waals surface area contributed by atoms with Crippen LogP contribution < -0.4 is 0 Å². The van der Waals surface area contributed by atoms with Crippen LogP contribution in [-0.2, 0) is 0 Å². The van der Waals surface area contributed by atoms with Crippen LogP contribution in [0.25, 0.3) is 0 Å². The second-order valence-corrected chi connectivity index (χ2v) is 4.35. The van der Waals surface area contributed by atoms with E-state index in [2.05, 4.69) is 52.0 Å². The largest absolute Gasteiger partial charge is 0.0885 e. The maximum Gasteiger partial charge on any atom is -0.0169 e. The van der Waals surface area contributed by atoms with Gasteiger partial charge in [0.15, 0.2) is 0 Å². The third-order valence-electron chi connectivity index (χ3n) is 1.57. The Morgan fingerprint density at radius 1 is 0.917 bits per heavy atom. The molecule has 0 amide bonds. The van der Waals surface area contributed by atoms with Crippen LogP contribution in [-0.4, -0.2) is 0 Å². The van der Waals surface area contributed by atoms with Crippen molar-refractivity contribution in [2.75, 3.05) is 0 Å². The monoisotopic (exact) mass is 166 g/mol. The summed E-state index contributed by atoms with van der Waals surface area (Å²) >= 11 is 0. The van der Waals surface area contributed by atoms with Gasteiger partial charge in [-0.25, -0.2) is 0 Å². The van der Waals surface area contributed by atoms with Gasteiger partial charge in [0.1, 0.15) is 0 Å². The third-order valence-corrected chi connectivity index (χ3v) is 1.57. The van der Waals surface area contributed by atoms with E-state index in [0.717, 1.165) is 12.8 Å². The summed E-state index contributed by atoms with van der Waals surface area (Å²) in [6.07, 6.45) is 12.4. The summed E-state index contributed by atoms with van der Waals surface area (Å²) in [6, 6.07) is 0. The Morgan fingerprint density at radius 2 is 1.50 bits per heavy atom. The van der Waals surface area contributed by atoms with Crippen LogP contribution in [0.4, 0.5) is 0 Å². The van der Waals surface area contributed by atoms with Crippen LogP contribution in [0.1, 0.15) is 47.0 Å². The van der Waals surface area contributed by atoms with E-state index in [-0.39, 0.29) is 0 Å². The fourth-order valence-electron chi connectivity index (χ4n) is 0.875. The van der Waals surface area contributed by atoms with E-state index in [1.165, 1.54) is 6.42 Å². The molecule has 0 rings (SSSR count). The molecule has 0 heteroatoms. The van der Waals surface area contributed by atoms with Crippen molar-refractivity contribution in [2.24, 2.45) is 5.41 Å². The molecule has 0 saturated carbocycles. The Balaban J connectivity index is 3.44. The second kappa shape index (κ2) is 6.05. The number of allylic oxidation sites excluding steroid dienone is 4. The summed E-state index contributed by atoms with van der Waals surface area (Å²) in [4.78, 5) is 0. The summed E-state index contributed by atoms with van der Waals surface area (Å²) in [5.41, 5.74) is 0.435. The fraction of sp³-hybridized carbons (Fsp3) is 0.667. The lowest BCUT2D eigenvalue weighted by atomic mass is 9.92. The van der Waals surface area contributed by atoms with Gasteiger partial charge < -0.3 is 0 Å². The molecule has 0 fully saturated rings. The van der Waals surface area contributed by atoms with E-state index < -0.39 is 0 Å². The highest BCUT2D eigenvalue weighted by molar-refractivity contribution is 4.93. The van der Waals surface area contributed by atoms with Gasteiger partial charge >= 0.3 is 0 Å². The topological polar surface area (TPSA) is 0 Å². The average Bonchev–Trinajstić information content (AvgIpc) is 1.94. The average molecular weight is 166 g/mol. The molecule has 0 saturated heterocycles. The molecule has 12 heavy (non-hydrogen) atoms. The van der Waals surface area contributed by atoms with Crippen LogP contribution in [0.5, 0.6) is 0 Å². The molecular formula is C12H22. The molecule has 0 unspecified atom stereocenters. The van der Waals surface area contributed by atoms with Gasteiger partial charge in [-0.05, 0) is 24.7 Å². The van der Waals surface area contributed by atoms with Crippen LogP contribution in [0, 0.1) is 5.41 Å². The molecule has 0 heterocycles. The molecular weight excluding hydrogens is 144 g/mol. The highest BCUT2D eigenvalue weighted by Gasteiger charge is 2.05. The van der Waals surface area contributed by atoms with Crippen molar-refractivity contribution >= 4 is 0 Å². The van der Waals surface area contributed by atoms with Crippen LogP contribution in [0.2, 0.25) is 0 Å². The van der Waals surface area contributed by atoms with E-state index in [0.29, 0.717) is 5.41 Å². The number of rotatable bonds is 4. The van der Waals surface area contributed by atoms with Gasteiger partial charge in [0.05, 0.1) is 0 Å². The molecule has 0 aromatic carbocycles. The smallest absolute Gasteiger partial charge is 0.0169 e. The summed E-state index contributed by atoms with van der Waals surface area (Å²) in [7, 11) is 0. The zero-order valence-electron chi connectivity index (χ0n) is 8.93. The minimum absolute atomic E-state index is 0.435. The van der Waals surface area contributed by atoms with Crippen molar-refractivity contribution < 1.29 is 0 Å². The predicted octanol–water partition coefficient (Wildman–Crippen LogP) is 4.34. The molecule has 0 radical (unpaired) electrons. The summed E-state index contributed by atoms with van der Waals surface area (Å²) < 4.78 is 0. The fourth-order valence-corrected chi connectivity index (χ4v) is 0.875. The summed E-state index contributed by atoms with van der Waals surface area (Å²) in [5.74, 6) is 0. The van der Waals surface area contributed by atoms with E-state index in [1.54, 1.807) is 0 Å². The first-order valence-corrected chi connectivity index (χ1v) is 4.86. The molecule has 0 aliphatic rings. The highest BCUT2D eigenvalue weighted by atomic mass is 14.1. The lowest BCUT2D eigenvalue weighted by Gasteiger charge is -2.14. The predicted molar refractivity (Wildman–Crippen MR) is 57.3 cm³/mol. The van der Waals surface area contributed by atoms with Gasteiger partial charge in [-0.15, -0.1) is 0 Å². The molecule has 0 aliphatic carbocycles. The summed E-state index contributed by atoms with van der Waals surface area (Å²) in [5, 5.41) is 0. The first-order valence-electron chi connectivity index (χ1n) is 4.86. The minimum atomic E-state index is 0.435. The summed E-state index contributed by atoms with van der Waals surface area (Å²) in [6.45, 7) is 8.95. The minimum Gasteiger partial charge on any atom is -0.0885 e. The Hall–Kier alpha value is -0.520. The standard InChI is InChI=1S/C12H22/c1-5-6-7-8-9-10-11-12(2,3)4/h6-7,9-10H,5,8,11H2,1-4H3/b7-6+,10-9+. The van der Waals surface area contributed by atoms with Crippen molar-refractivity contribution in [3.8, 4) is 0 Å². The normalized spacial score (nSPS) is 13.3. The van der Waals surface area contributed by atoms with Gasteiger partial charge in [-0.1, -0.05) is 52.0 Å². The van der Waals surface area contributed by atoms with Crippen molar-refractivity contribution in [3.63, 3.8) is 0 Å². The van der Waals surface area contributed by atoms with Crippen LogP contribution >= 0.6 is 0 Å². The van der Waals surface area contributed by atoms with Crippen molar-refractivity contribution in [2.45, 2.75) is 47.0 Å². The van der Waals surface area contributed by atoms with Gasteiger partial charge in [0, 0.05) is 0 Å². The van der Waals surface area contributed by atoms with Crippen molar-refractivity contribution in [1.82, 2.24) is 0 Å². The number of hydrogen-bond donors (Lipinski definition) is 0. The molecule has 0 aromatic heterocycles. The van der Waals surface area contributed by atoms with Gasteiger partial charge in [0.2, 0.25) is 0 Å². The van der Waals surface area contributed by atoms with E-state index in [9.17, 15) is 0 Å². The van der Waals surface area contributed by atoms with Gasteiger partial charge in [-0.3, -0.25) is 0 Å². The molecule has 0 aliphatic heterocycles. The second-order valence-electron chi connectivity index (χ2n) is 4.35. The van der Waals surface area contributed by atoms with Crippen molar-refractivity contribution in [1.29, 1.82) is 0 Å². The van der Waals surface area contributed by atoms with Gasteiger partial charge in [0.25, 0.3) is 0 Å². The van der Waals surface area contributed by atoms with E-state index in [4.69, 9.17) is 0 Å². The quantitative estimate of drug-likeness (QED) is 0.545. The number of hydrogen-bond acceptors (Lipinski definition) is 0. The Morgan fingerprint density at radius 3 is 2.00 bits per heavy atom. The SMILES string of the molecule is CC/C=C/C/C=C/CC(C)(C)C. The van der Waals surface area contributed by atoms with Crippen LogP contribution in [0.15, 0.2) is 24.3 Å². The maximum atomic E-state index is 2.28. The first kappa shape index (κ1) is 11.5. The first-order chi connectivity index (χ1) is 5.56. The lowest BCUT2D eigenvalue weighted by Crippen LogP contribution is -2.01. The van der Waals surface area contributed by atoms with Crippen molar-refractivity contribution in [3.05, 3.63) is 24.3 Å². The zero-order valence-corrected chi connectivity index (χ0v) is 8.93. The van der Waals surface area contributed by atoms with Crippen LogP contribution in [0.3, 0.4) is 0 Å². The maximum absolute atomic E-state index is 2.28. The zero-order chi connectivity index (χ0) is 9.45. The molecule has 0 aromatic rings. The lowest BCUT2D eigenvalue weighted by molar-refractivity contribution is 0.420. The van der Waals surface area contributed by atoms with Gasteiger partial charge in [-0.2, -0.15) is 0 Å². The Labute approximate surface area is 77.4 Å². The molecule has 0 N–H and O–H groups in total. The molecule has 70 valence electrons. The Bertz CT molecular complexity index is 144. The van der Waals surface area contributed by atoms with E-state index >= 15 is 0 Å². The highest BCUT2D eigenvalue weighted by Crippen LogP contribution is 2.18. The van der Waals surface area contributed by atoms with E-state index in [1.807, 2.05) is 0 Å². The third kappa shape index (κ3) is 9.48. The molecule has 0 atom stereocenters. The molecule has 0 spiro atoms. The molecule has 0 nitrogen and oxygen atoms in total. The molecule has 0 bridgehead atoms. The Kier molecular flexibility index (Phi) is 5.79.